The second-order valence-electron chi connectivity index (χ2n) is 11.5. The highest BCUT2D eigenvalue weighted by molar-refractivity contribution is 7.98. The minimum Gasteiger partial charge on any atom is -0.508 e. The van der Waals surface area contributed by atoms with Crippen LogP contribution in [0.3, 0.4) is 0 Å². The van der Waals surface area contributed by atoms with Gasteiger partial charge in [0.25, 0.3) is 0 Å². The Labute approximate surface area is 305 Å². The van der Waals surface area contributed by atoms with Gasteiger partial charge in [-0.3, -0.25) is 0 Å². The van der Waals surface area contributed by atoms with Gasteiger partial charge in [-0.05, 0) is 77.7 Å². The minimum absolute atomic E-state index is 0.0489. The van der Waals surface area contributed by atoms with E-state index in [9.17, 15) is 5.11 Å². The third-order valence-corrected chi connectivity index (χ3v) is 10.1. The molecule has 0 saturated heterocycles. The van der Waals surface area contributed by atoms with Crippen molar-refractivity contribution in [1.82, 2.24) is 0 Å². The monoisotopic (exact) mass is 754 g/mol. The molecule has 1 heterocycles. The summed E-state index contributed by atoms with van der Waals surface area (Å²) in [5.74, 6) is -17.0. The van der Waals surface area contributed by atoms with Crippen molar-refractivity contribution in [1.29, 1.82) is 0 Å². The highest BCUT2D eigenvalue weighted by Crippen LogP contribution is 2.64. The first-order valence-corrected chi connectivity index (χ1v) is 17.9. The number of methoxy groups -OCH3 is 2. The Morgan fingerprint density at radius 1 is 0.769 bits per heavy atom. The van der Waals surface area contributed by atoms with Crippen LogP contribution in [0, 0.1) is 12.8 Å². The quantitative estimate of drug-likeness (QED) is 0.0663. The van der Waals surface area contributed by atoms with Crippen LogP contribution in [0.2, 0.25) is 0 Å². The summed E-state index contributed by atoms with van der Waals surface area (Å²) in [6, 6.07) is 22.0. The number of rotatable bonds is 10. The molecule has 5 aromatic rings. The first-order chi connectivity index (χ1) is 24.8. The Kier molecular flexibility index (Phi) is 11.1. The number of phenols is 1. The average molecular weight is 755 g/mol. The number of thioether (sulfide) groups is 2. The first kappa shape index (κ1) is 38.4. The van der Waals surface area contributed by atoms with Gasteiger partial charge in [0, 0.05) is 56.0 Å². The molecule has 0 unspecified atom stereocenters. The Bertz CT molecular complexity index is 2170. The van der Waals surface area contributed by atoms with Crippen LogP contribution in [-0.2, 0) is 6.42 Å². The number of phenolic OH excluding ortho intramolecular Hbond substituents is 1. The van der Waals surface area contributed by atoms with E-state index in [2.05, 4.69) is 12.8 Å². The van der Waals surface area contributed by atoms with Gasteiger partial charge in [0.15, 0.2) is 0 Å². The van der Waals surface area contributed by atoms with Crippen LogP contribution in [0.4, 0.5) is 26.3 Å². The Morgan fingerprint density at radius 3 is 1.88 bits per heavy atom. The van der Waals surface area contributed by atoms with Crippen LogP contribution in [-0.4, -0.2) is 49.6 Å². The average Bonchev–Trinajstić information content (AvgIpc) is 3.56. The topological polar surface area (TPSA) is 51.8 Å². The molecule has 0 saturated carbocycles. The zero-order valence-corrected chi connectivity index (χ0v) is 29.9. The number of benzene rings is 4. The molecule has 4 nitrogen and oxygen atoms in total. The van der Waals surface area contributed by atoms with Gasteiger partial charge in [-0.25, -0.2) is 0 Å². The molecule has 0 radical (unpaired) electrons. The second-order valence-corrected chi connectivity index (χ2v) is 13.2. The van der Waals surface area contributed by atoms with Crippen molar-refractivity contribution in [2.24, 2.45) is 0 Å². The molecule has 52 heavy (non-hydrogen) atoms. The lowest BCUT2D eigenvalue weighted by Crippen LogP contribution is -2.49. The summed E-state index contributed by atoms with van der Waals surface area (Å²) in [7, 11) is 2.68. The number of alkyl halides is 6. The normalized spacial score (nSPS) is 16.0. The second kappa shape index (κ2) is 15.0. The van der Waals surface area contributed by atoms with Crippen molar-refractivity contribution in [3.63, 3.8) is 0 Å². The summed E-state index contributed by atoms with van der Waals surface area (Å²) >= 11 is 2.98. The van der Waals surface area contributed by atoms with Crippen molar-refractivity contribution >= 4 is 51.7 Å². The summed E-state index contributed by atoms with van der Waals surface area (Å²) in [5, 5.41) is 10.5. The zero-order chi connectivity index (χ0) is 38.0. The van der Waals surface area contributed by atoms with Gasteiger partial charge in [0.1, 0.15) is 28.6 Å². The van der Waals surface area contributed by atoms with E-state index in [1.54, 1.807) is 42.5 Å². The van der Waals surface area contributed by atoms with Gasteiger partial charge in [-0.2, -0.15) is 26.3 Å². The maximum Gasteiger partial charge on any atom is 0.380 e. The Hall–Kier alpha value is -4.86. The number of furan rings is 1. The third kappa shape index (κ3) is 6.63. The SMILES string of the molecule is C#C.COc1ccc(CC2=C(c3c(C(=Cc4ccc(SC)cc4)c4ccc(SC)cc4)oc4cc(OC)ccc34)C(F)(F)C(F)(F)C2(F)F)c(O)c1. The van der Waals surface area contributed by atoms with Crippen molar-refractivity contribution in [2.75, 3.05) is 26.7 Å². The molecule has 0 fully saturated rings. The lowest BCUT2D eigenvalue weighted by atomic mass is 9.89. The van der Waals surface area contributed by atoms with Crippen molar-refractivity contribution < 1.29 is 45.3 Å². The van der Waals surface area contributed by atoms with Crippen molar-refractivity contribution in [3.8, 4) is 30.1 Å². The molecule has 0 bridgehead atoms. The number of hydrogen-bond donors (Lipinski definition) is 1. The molecular formula is C40H32F6O4S2. The molecule has 0 spiro atoms. The number of aromatic hydroxyl groups is 1. The number of fused-ring (bicyclic) bond motifs is 1. The zero-order valence-electron chi connectivity index (χ0n) is 28.3. The summed E-state index contributed by atoms with van der Waals surface area (Å²) < 4.78 is 112. The van der Waals surface area contributed by atoms with Gasteiger partial charge < -0.3 is 19.0 Å². The fourth-order valence-corrected chi connectivity index (χ4v) is 6.78. The maximum atomic E-state index is 16.3. The van der Waals surface area contributed by atoms with Gasteiger partial charge in [0.05, 0.1) is 14.2 Å². The van der Waals surface area contributed by atoms with Crippen LogP contribution in [0.1, 0.15) is 28.0 Å². The molecule has 1 aromatic heterocycles. The van der Waals surface area contributed by atoms with E-state index < -0.39 is 46.6 Å². The van der Waals surface area contributed by atoms with Gasteiger partial charge in [-0.15, -0.1) is 36.4 Å². The molecule has 1 N–H and O–H groups in total. The van der Waals surface area contributed by atoms with Crippen molar-refractivity contribution in [2.45, 2.75) is 34.0 Å². The van der Waals surface area contributed by atoms with E-state index in [1.807, 2.05) is 24.6 Å². The van der Waals surface area contributed by atoms with Crippen LogP contribution in [0.5, 0.6) is 17.2 Å². The first-order valence-electron chi connectivity index (χ1n) is 15.5. The highest BCUT2D eigenvalue weighted by Gasteiger charge is 2.80. The van der Waals surface area contributed by atoms with Crippen LogP contribution >= 0.6 is 23.5 Å². The van der Waals surface area contributed by atoms with Gasteiger partial charge >= 0.3 is 17.8 Å². The molecular weight excluding hydrogens is 723 g/mol. The van der Waals surface area contributed by atoms with E-state index >= 15 is 26.3 Å². The summed E-state index contributed by atoms with van der Waals surface area (Å²) in [5.41, 5.74) is -2.81. The molecule has 270 valence electrons. The van der Waals surface area contributed by atoms with Crippen LogP contribution in [0.25, 0.3) is 28.2 Å². The fraction of sp³-hybridized carbons (Fsp3) is 0.200. The molecule has 0 amide bonds. The smallest absolute Gasteiger partial charge is 0.380 e. The number of ether oxygens (including phenoxy) is 2. The summed E-state index contributed by atoms with van der Waals surface area (Å²) in [6.07, 6.45) is 12.3. The van der Waals surface area contributed by atoms with E-state index in [0.29, 0.717) is 11.1 Å². The summed E-state index contributed by atoms with van der Waals surface area (Å²) in [4.78, 5) is 1.84. The Balaban J connectivity index is 0.00000257. The van der Waals surface area contributed by atoms with E-state index in [4.69, 9.17) is 13.9 Å². The molecule has 4 aromatic carbocycles. The van der Waals surface area contributed by atoms with E-state index in [0.717, 1.165) is 15.9 Å². The molecule has 1 aliphatic carbocycles. The van der Waals surface area contributed by atoms with Gasteiger partial charge in [0.2, 0.25) is 0 Å². The molecule has 12 heteroatoms. The van der Waals surface area contributed by atoms with E-state index in [-0.39, 0.29) is 39.4 Å². The fourth-order valence-electron chi connectivity index (χ4n) is 5.97. The van der Waals surface area contributed by atoms with E-state index in [1.165, 1.54) is 68.1 Å². The van der Waals surface area contributed by atoms with Gasteiger partial charge in [-0.1, -0.05) is 30.3 Å². The standard InChI is InChI=1S/C38H30F6O4S2.C2H2/c1-46-24-10-7-23(31(45)19-24)18-30-34(37(41,42)38(43,44)36(30,39)40)33-28-16-11-25(47-2)20-32(28)48-35(33)29(22-8-14-27(50-4)15-9-22)17-21-5-12-26(49-3)13-6-21;1-2/h5-17,19-20,45H,18H2,1-4H3;1-2H. The maximum absolute atomic E-state index is 16.3. The minimum atomic E-state index is -5.82. The lowest BCUT2D eigenvalue weighted by Gasteiger charge is -2.26. The predicted octanol–water partition coefficient (Wildman–Crippen LogP) is 11.4. The third-order valence-electron chi connectivity index (χ3n) is 8.66. The number of terminal acetylenes is 1. The lowest BCUT2D eigenvalue weighted by molar-refractivity contribution is -0.260. The highest BCUT2D eigenvalue weighted by atomic mass is 32.2. The Morgan fingerprint density at radius 2 is 1.33 bits per heavy atom. The molecule has 1 aliphatic rings. The predicted molar refractivity (Wildman–Crippen MR) is 196 cm³/mol. The number of halogens is 6. The number of hydrogen-bond acceptors (Lipinski definition) is 6. The number of allylic oxidation sites excluding steroid dienone is 2. The molecule has 0 aliphatic heterocycles. The van der Waals surface area contributed by atoms with Crippen molar-refractivity contribution in [3.05, 3.63) is 119 Å². The molecule has 0 atom stereocenters. The van der Waals surface area contributed by atoms with Crippen LogP contribution < -0.4 is 9.47 Å². The van der Waals surface area contributed by atoms with Crippen LogP contribution in [0.15, 0.2) is 105 Å². The molecule has 6 rings (SSSR count). The largest absolute Gasteiger partial charge is 0.508 e. The summed E-state index contributed by atoms with van der Waals surface area (Å²) in [6.45, 7) is 0.